The van der Waals surface area contributed by atoms with E-state index in [1.165, 1.54) is 34.0 Å². The fourth-order valence-electron chi connectivity index (χ4n) is 4.06. The number of amides is 1. The molecule has 6 rings (SSSR count). The summed E-state index contributed by atoms with van der Waals surface area (Å²) in [5, 5.41) is 21.2. The van der Waals surface area contributed by atoms with Gasteiger partial charge in [0.05, 0.1) is 41.4 Å². The standard InChI is InChI=1S/C28H26N6O4S3/c1-15-33-34-11-21(31-27(34)40-15)26-30-20-9-19(37-4)10-22(23(20)41-26)38-12-18-13-39-25(29-18)17-7-5-16(6-8-17)24(36)32-28(2,3)14-35/h5-11,13,35H,12,14H2,1-4H3,(H,32,36). The molecule has 0 atom stereocenters. The molecular formula is C28H26N6O4S3. The molecule has 6 aromatic rings. The first-order chi connectivity index (χ1) is 19.7. The molecule has 4 aromatic heterocycles. The average Bonchev–Trinajstić information content (AvgIpc) is 3.74. The predicted molar refractivity (Wildman–Crippen MR) is 161 cm³/mol. The van der Waals surface area contributed by atoms with Gasteiger partial charge in [0.1, 0.15) is 38.8 Å². The topological polar surface area (TPSA) is 124 Å². The van der Waals surface area contributed by atoms with Gasteiger partial charge in [-0.1, -0.05) is 23.5 Å². The van der Waals surface area contributed by atoms with Crippen molar-refractivity contribution in [2.24, 2.45) is 0 Å². The van der Waals surface area contributed by atoms with Crippen molar-refractivity contribution < 1.29 is 19.4 Å². The molecule has 0 aliphatic heterocycles. The van der Waals surface area contributed by atoms with Gasteiger partial charge in [0.15, 0.2) is 0 Å². The number of methoxy groups -OCH3 is 1. The summed E-state index contributed by atoms with van der Waals surface area (Å²) in [7, 11) is 1.62. The quantitative estimate of drug-likeness (QED) is 0.218. The van der Waals surface area contributed by atoms with Gasteiger partial charge in [0.25, 0.3) is 5.91 Å². The van der Waals surface area contributed by atoms with Crippen LogP contribution in [-0.2, 0) is 6.61 Å². The fourth-order valence-corrected chi connectivity index (χ4v) is 6.56. The zero-order valence-electron chi connectivity index (χ0n) is 22.7. The number of carbonyl (C=O) groups excluding carboxylic acids is 1. The molecule has 0 unspecified atom stereocenters. The minimum atomic E-state index is -0.693. The van der Waals surface area contributed by atoms with Crippen molar-refractivity contribution in [1.29, 1.82) is 0 Å². The molecule has 0 fully saturated rings. The highest BCUT2D eigenvalue weighted by Crippen LogP contribution is 2.39. The number of aliphatic hydroxyl groups excluding tert-OH is 1. The molecule has 2 aromatic carbocycles. The van der Waals surface area contributed by atoms with Crippen LogP contribution >= 0.6 is 34.0 Å². The zero-order chi connectivity index (χ0) is 28.7. The molecule has 13 heteroatoms. The van der Waals surface area contributed by atoms with Crippen LogP contribution in [-0.4, -0.2) is 54.8 Å². The SMILES string of the molecule is COc1cc(OCc2csc(-c3ccc(C(=O)NC(C)(C)CO)cc3)n2)c2sc(-c3cn4nc(C)sc4n3)nc2c1. The third kappa shape index (κ3) is 5.66. The van der Waals surface area contributed by atoms with Crippen LogP contribution in [0.5, 0.6) is 11.5 Å². The molecule has 0 saturated heterocycles. The number of aryl methyl sites for hydroxylation is 1. The van der Waals surface area contributed by atoms with Crippen molar-refractivity contribution in [2.45, 2.75) is 32.9 Å². The number of hydrogen-bond acceptors (Lipinski definition) is 11. The number of aromatic nitrogens is 5. The number of carbonyl (C=O) groups is 1. The number of fused-ring (bicyclic) bond motifs is 2. The Morgan fingerprint density at radius 2 is 1.90 bits per heavy atom. The number of nitrogens with zero attached hydrogens (tertiary/aromatic N) is 5. The first-order valence-electron chi connectivity index (χ1n) is 12.6. The lowest BCUT2D eigenvalue weighted by molar-refractivity contribution is 0.0869. The molecule has 0 spiro atoms. The second-order valence-corrected chi connectivity index (χ2v) is 13.0. The van der Waals surface area contributed by atoms with Crippen LogP contribution in [0, 0.1) is 6.92 Å². The van der Waals surface area contributed by atoms with Gasteiger partial charge in [0, 0.05) is 28.6 Å². The highest BCUT2D eigenvalue weighted by molar-refractivity contribution is 7.22. The first-order valence-corrected chi connectivity index (χ1v) is 15.2. The van der Waals surface area contributed by atoms with Crippen molar-refractivity contribution in [2.75, 3.05) is 13.7 Å². The minimum absolute atomic E-state index is 0.146. The molecule has 1 amide bonds. The number of rotatable bonds is 9. The highest BCUT2D eigenvalue weighted by Gasteiger charge is 2.20. The Hall–Kier alpha value is -3.91. The highest BCUT2D eigenvalue weighted by atomic mass is 32.1. The van der Waals surface area contributed by atoms with Gasteiger partial charge in [-0.25, -0.2) is 19.5 Å². The lowest BCUT2D eigenvalue weighted by Gasteiger charge is -2.23. The second-order valence-electron chi connectivity index (χ2n) is 9.97. The molecule has 0 radical (unpaired) electrons. The number of benzene rings is 2. The molecule has 0 aliphatic carbocycles. The maximum Gasteiger partial charge on any atom is 0.251 e. The Kier molecular flexibility index (Phi) is 7.20. The predicted octanol–water partition coefficient (Wildman–Crippen LogP) is 5.59. The van der Waals surface area contributed by atoms with E-state index in [1.807, 2.05) is 42.8 Å². The van der Waals surface area contributed by atoms with Crippen LogP contribution in [0.1, 0.15) is 34.9 Å². The van der Waals surface area contributed by atoms with Crippen molar-refractivity contribution in [1.82, 2.24) is 29.9 Å². The fraction of sp³-hybridized carbons (Fsp3) is 0.250. The number of ether oxygens (including phenoxy) is 2. The lowest BCUT2D eigenvalue weighted by atomic mass is 10.1. The van der Waals surface area contributed by atoms with Crippen LogP contribution in [0.2, 0.25) is 0 Å². The van der Waals surface area contributed by atoms with E-state index in [4.69, 9.17) is 19.4 Å². The summed E-state index contributed by atoms with van der Waals surface area (Å²) in [6.45, 7) is 5.61. The molecule has 210 valence electrons. The summed E-state index contributed by atoms with van der Waals surface area (Å²) in [4.78, 5) is 27.5. The zero-order valence-corrected chi connectivity index (χ0v) is 25.1. The Morgan fingerprint density at radius 3 is 2.63 bits per heavy atom. The van der Waals surface area contributed by atoms with Crippen molar-refractivity contribution in [3.63, 3.8) is 0 Å². The van der Waals surface area contributed by atoms with Gasteiger partial charge in [-0.05, 0) is 32.9 Å². The molecule has 10 nitrogen and oxygen atoms in total. The van der Waals surface area contributed by atoms with Crippen LogP contribution in [0.3, 0.4) is 0 Å². The maximum absolute atomic E-state index is 12.5. The molecular weight excluding hydrogens is 581 g/mol. The van der Waals surface area contributed by atoms with E-state index in [9.17, 15) is 9.90 Å². The third-order valence-corrected chi connectivity index (χ3v) is 9.08. The minimum Gasteiger partial charge on any atom is -0.497 e. The summed E-state index contributed by atoms with van der Waals surface area (Å²) in [5.41, 5.74) is 3.04. The van der Waals surface area contributed by atoms with Gasteiger partial charge in [-0.15, -0.1) is 22.7 Å². The summed E-state index contributed by atoms with van der Waals surface area (Å²) in [6, 6.07) is 11.0. The van der Waals surface area contributed by atoms with E-state index in [1.54, 1.807) is 37.6 Å². The number of hydrogen-bond donors (Lipinski definition) is 2. The largest absolute Gasteiger partial charge is 0.497 e. The van der Waals surface area contributed by atoms with Crippen LogP contribution < -0.4 is 14.8 Å². The maximum atomic E-state index is 12.5. The summed E-state index contributed by atoms with van der Waals surface area (Å²) >= 11 is 4.55. The first kappa shape index (κ1) is 27.3. The van der Waals surface area contributed by atoms with Crippen LogP contribution in [0.15, 0.2) is 48.0 Å². The smallest absolute Gasteiger partial charge is 0.251 e. The van der Waals surface area contributed by atoms with Gasteiger partial charge >= 0.3 is 0 Å². The summed E-state index contributed by atoms with van der Waals surface area (Å²) in [5.74, 6) is 1.07. The number of aliphatic hydroxyl groups is 1. The van der Waals surface area contributed by atoms with Crippen LogP contribution in [0.25, 0.3) is 36.5 Å². The van der Waals surface area contributed by atoms with E-state index in [0.29, 0.717) is 17.1 Å². The molecule has 41 heavy (non-hydrogen) atoms. The molecule has 2 N–H and O–H groups in total. The third-order valence-electron chi connectivity index (χ3n) is 6.20. The molecule has 0 bridgehead atoms. The number of imidazole rings is 1. The van der Waals surface area contributed by atoms with Gasteiger partial charge in [0.2, 0.25) is 4.96 Å². The Morgan fingerprint density at radius 1 is 1.10 bits per heavy atom. The van der Waals surface area contributed by atoms with Crippen molar-refractivity contribution >= 4 is 55.1 Å². The van der Waals surface area contributed by atoms with E-state index >= 15 is 0 Å². The Balaban J connectivity index is 1.19. The Bertz CT molecular complexity index is 1840. The van der Waals surface area contributed by atoms with Crippen molar-refractivity contribution in [3.8, 4) is 32.8 Å². The van der Waals surface area contributed by atoms with E-state index in [-0.39, 0.29) is 19.1 Å². The molecule has 0 saturated carbocycles. The van der Waals surface area contributed by atoms with Gasteiger partial charge in [-0.3, -0.25) is 4.79 Å². The Labute approximate surface area is 247 Å². The van der Waals surface area contributed by atoms with E-state index < -0.39 is 5.54 Å². The number of nitrogens with one attached hydrogen (secondary N) is 1. The lowest BCUT2D eigenvalue weighted by Crippen LogP contribution is -2.46. The summed E-state index contributed by atoms with van der Waals surface area (Å²) < 4.78 is 14.4. The normalized spacial score (nSPS) is 11.8. The van der Waals surface area contributed by atoms with E-state index in [2.05, 4.69) is 15.4 Å². The van der Waals surface area contributed by atoms with Crippen LogP contribution in [0.4, 0.5) is 0 Å². The van der Waals surface area contributed by atoms with E-state index in [0.717, 1.165) is 47.2 Å². The van der Waals surface area contributed by atoms with Crippen molar-refractivity contribution in [3.05, 3.63) is 64.2 Å². The average molecular weight is 607 g/mol. The second kappa shape index (κ2) is 10.8. The molecule has 0 aliphatic rings. The molecule has 4 heterocycles. The van der Waals surface area contributed by atoms with Gasteiger partial charge < -0.3 is 19.9 Å². The summed E-state index contributed by atoms with van der Waals surface area (Å²) in [6.07, 6.45) is 1.89. The van der Waals surface area contributed by atoms with Gasteiger partial charge in [-0.2, -0.15) is 5.10 Å². The monoisotopic (exact) mass is 606 g/mol. The number of thiazole rings is 2.